The Kier molecular flexibility index (Phi) is 3.99. The molecule has 0 aromatic carbocycles. The van der Waals surface area contributed by atoms with Gasteiger partial charge in [-0.15, -0.1) is 0 Å². The van der Waals surface area contributed by atoms with Gasteiger partial charge in [-0.05, 0) is 18.6 Å². The number of nitrogens with zero attached hydrogens (tertiary/aromatic N) is 3. The summed E-state index contributed by atoms with van der Waals surface area (Å²) in [5, 5.41) is 6.49. The molecule has 0 bridgehead atoms. The third-order valence-electron chi connectivity index (χ3n) is 3.06. The first-order valence-corrected chi connectivity index (χ1v) is 7.08. The van der Waals surface area contributed by atoms with Crippen molar-refractivity contribution in [1.29, 1.82) is 0 Å². The molecule has 3 rings (SSSR count). The monoisotopic (exact) mass is 286 g/mol. The molecular weight excluding hydrogens is 268 g/mol. The number of hydrogen-bond acceptors (Lipinski definition) is 6. The number of rotatable bonds is 7. The minimum atomic E-state index is 0.594. The highest BCUT2D eigenvalue weighted by molar-refractivity contribution is 5.83. The lowest BCUT2D eigenvalue weighted by Crippen LogP contribution is -2.10. The first-order chi connectivity index (χ1) is 10.4. The van der Waals surface area contributed by atoms with Crippen molar-refractivity contribution < 1.29 is 4.42 Å². The summed E-state index contributed by atoms with van der Waals surface area (Å²) in [5.74, 6) is 2.29. The van der Waals surface area contributed by atoms with Crippen molar-refractivity contribution in [2.45, 2.75) is 19.8 Å². The maximum Gasteiger partial charge on any atom is 0.226 e. The van der Waals surface area contributed by atoms with E-state index >= 15 is 0 Å². The van der Waals surface area contributed by atoms with Gasteiger partial charge in [0.1, 0.15) is 11.3 Å². The number of furan rings is 1. The lowest BCUT2D eigenvalue weighted by Gasteiger charge is -2.08. The molecular formula is C14H18N6O. The third-order valence-corrected chi connectivity index (χ3v) is 3.06. The number of hydrogen-bond donors (Lipinski definition) is 3. The van der Waals surface area contributed by atoms with Crippen LogP contribution < -0.4 is 10.6 Å². The van der Waals surface area contributed by atoms with Gasteiger partial charge in [0.15, 0.2) is 11.5 Å². The molecule has 0 atom stereocenters. The van der Waals surface area contributed by atoms with E-state index in [4.69, 9.17) is 4.42 Å². The molecule has 0 unspecified atom stereocenters. The highest BCUT2D eigenvalue weighted by Crippen LogP contribution is 2.18. The fraction of sp³-hybridized carbons (Fsp3) is 0.357. The van der Waals surface area contributed by atoms with Gasteiger partial charge in [0, 0.05) is 19.5 Å². The van der Waals surface area contributed by atoms with Crippen LogP contribution in [0.1, 0.15) is 19.1 Å². The van der Waals surface area contributed by atoms with Crippen LogP contribution in [0.15, 0.2) is 29.1 Å². The zero-order valence-corrected chi connectivity index (χ0v) is 11.9. The summed E-state index contributed by atoms with van der Waals surface area (Å²) in [5.41, 5.74) is 1.47. The van der Waals surface area contributed by atoms with E-state index in [2.05, 4.69) is 37.5 Å². The fourth-order valence-electron chi connectivity index (χ4n) is 2.04. The minimum absolute atomic E-state index is 0.594. The Morgan fingerprint density at radius 1 is 1.24 bits per heavy atom. The highest BCUT2D eigenvalue weighted by atomic mass is 16.3. The number of imidazole rings is 1. The predicted molar refractivity (Wildman–Crippen MR) is 81.4 cm³/mol. The molecule has 3 aromatic heterocycles. The van der Waals surface area contributed by atoms with Crippen molar-refractivity contribution in [3.63, 3.8) is 0 Å². The van der Waals surface area contributed by atoms with E-state index < -0.39 is 0 Å². The molecule has 0 aliphatic heterocycles. The van der Waals surface area contributed by atoms with Gasteiger partial charge in [0.2, 0.25) is 5.95 Å². The minimum Gasteiger partial charge on any atom is -0.469 e. The van der Waals surface area contributed by atoms with Crippen molar-refractivity contribution >= 4 is 22.9 Å². The maximum atomic E-state index is 5.32. The summed E-state index contributed by atoms with van der Waals surface area (Å²) < 4.78 is 5.32. The first kappa shape index (κ1) is 13.4. The Hall–Kier alpha value is -2.57. The molecule has 0 spiro atoms. The Labute approximate surface area is 122 Å². The maximum absolute atomic E-state index is 5.32. The molecule has 110 valence electrons. The standard InChI is InChI=1S/C14H18N6O/c1-2-6-16-14-19-12(11-13(20-14)18-9-17-11)15-7-5-10-4-3-8-21-10/h3-4,8-9H,2,5-7H2,1H3,(H3,15,16,17,18,19,20). The van der Waals surface area contributed by atoms with Gasteiger partial charge in [0.25, 0.3) is 0 Å². The molecule has 3 heterocycles. The molecule has 0 fully saturated rings. The van der Waals surface area contributed by atoms with Crippen molar-refractivity contribution in [3.8, 4) is 0 Å². The predicted octanol–water partition coefficient (Wildman–Crippen LogP) is 2.42. The van der Waals surface area contributed by atoms with Crippen LogP contribution in [0.4, 0.5) is 11.8 Å². The Bertz CT molecular complexity index is 691. The van der Waals surface area contributed by atoms with Gasteiger partial charge < -0.3 is 20.0 Å². The molecule has 0 radical (unpaired) electrons. The normalized spacial score (nSPS) is 10.9. The topological polar surface area (TPSA) is 91.7 Å². The van der Waals surface area contributed by atoms with Crippen molar-refractivity contribution in [2.75, 3.05) is 23.7 Å². The lowest BCUT2D eigenvalue weighted by atomic mass is 10.3. The molecule has 3 N–H and O–H groups in total. The Balaban J connectivity index is 1.74. The van der Waals surface area contributed by atoms with Gasteiger partial charge >= 0.3 is 0 Å². The average molecular weight is 286 g/mol. The van der Waals surface area contributed by atoms with Crippen LogP contribution in [0.5, 0.6) is 0 Å². The van der Waals surface area contributed by atoms with Crippen LogP contribution in [-0.2, 0) is 6.42 Å². The fourth-order valence-corrected chi connectivity index (χ4v) is 2.04. The summed E-state index contributed by atoms with van der Waals surface area (Å²) in [4.78, 5) is 16.1. The summed E-state index contributed by atoms with van der Waals surface area (Å²) in [6, 6.07) is 3.85. The quantitative estimate of drug-likeness (QED) is 0.618. The second kappa shape index (κ2) is 6.25. The lowest BCUT2D eigenvalue weighted by molar-refractivity contribution is 0.513. The van der Waals surface area contributed by atoms with E-state index in [9.17, 15) is 0 Å². The van der Waals surface area contributed by atoms with E-state index in [0.717, 1.165) is 43.0 Å². The van der Waals surface area contributed by atoms with E-state index in [1.807, 2.05) is 12.1 Å². The number of aromatic nitrogens is 4. The molecule has 0 saturated heterocycles. The smallest absolute Gasteiger partial charge is 0.226 e. The molecule has 0 aliphatic carbocycles. The van der Waals surface area contributed by atoms with Crippen LogP contribution in [0.2, 0.25) is 0 Å². The van der Waals surface area contributed by atoms with Gasteiger partial charge in [-0.3, -0.25) is 0 Å². The number of H-pyrrole nitrogens is 1. The Morgan fingerprint density at radius 3 is 3.00 bits per heavy atom. The zero-order chi connectivity index (χ0) is 14.5. The van der Waals surface area contributed by atoms with Crippen LogP contribution in [-0.4, -0.2) is 33.0 Å². The zero-order valence-electron chi connectivity index (χ0n) is 11.9. The van der Waals surface area contributed by atoms with Gasteiger partial charge in [-0.2, -0.15) is 9.97 Å². The molecule has 7 nitrogen and oxygen atoms in total. The van der Waals surface area contributed by atoms with Crippen LogP contribution in [0.25, 0.3) is 11.2 Å². The average Bonchev–Trinajstić information content (AvgIpc) is 3.15. The van der Waals surface area contributed by atoms with E-state index in [1.54, 1.807) is 12.6 Å². The number of fused-ring (bicyclic) bond motifs is 1. The number of aromatic amines is 1. The van der Waals surface area contributed by atoms with E-state index in [-0.39, 0.29) is 0 Å². The SMILES string of the molecule is CCCNc1nc(NCCc2ccco2)c2[nH]cnc2n1. The van der Waals surface area contributed by atoms with E-state index in [1.165, 1.54) is 0 Å². The van der Waals surface area contributed by atoms with Gasteiger partial charge in [-0.1, -0.05) is 6.92 Å². The van der Waals surface area contributed by atoms with Gasteiger partial charge in [-0.25, -0.2) is 4.98 Å². The summed E-state index contributed by atoms with van der Waals surface area (Å²) in [6.45, 7) is 3.66. The largest absolute Gasteiger partial charge is 0.469 e. The summed E-state index contributed by atoms with van der Waals surface area (Å²) >= 11 is 0. The molecule has 3 aromatic rings. The van der Waals surface area contributed by atoms with Crippen LogP contribution in [0, 0.1) is 0 Å². The number of nitrogens with one attached hydrogen (secondary N) is 3. The van der Waals surface area contributed by atoms with Crippen molar-refractivity contribution in [3.05, 3.63) is 30.5 Å². The number of anilines is 2. The van der Waals surface area contributed by atoms with Crippen LogP contribution >= 0.6 is 0 Å². The third kappa shape index (κ3) is 3.13. The first-order valence-electron chi connectivity index (χ1n) is 7.08. The molecule has 7 heteroatoms. The summed E-state index contributed by atoms with van der Waals surface area (Å²) in [6.07, 6.45) is 5.12. The second-order valence-electron chi connectivity index (χ2n) is 4.68. The van der Waals surface area contributed by atoms with Crippen molar-refractivity contribution in [1.82, 2.24) is 19.9 Å². The highest BCUT2D eigenvalue weighted by Gasteiger charge is 2.09. The van der Waals surface area contributed by atoms with Crippen LogP contribution in [0.3, 0.4) is 0 Å². The molecule has 21 heavy (non-hydrogen) atoms. The van der Waals surface area contributed by atoms with Crippen molar-refractivity contribution in [2.24, 2.45) is 0 Å². The Morgan fingerprint density at radius 2 is 2.19 bits per heavy atom. The van der Waals surface area contributed by atoms with E-state index in [0.29, 0.717) is 11.6 Å². The molecule has 0 amide bonds. The second-order valence-corrected chi connectivity index (χ2v) is 4.68. The molecule has 0 aliphatic rings. The molecule has 0 saturated carbocycles. The van der Waals surface area contributed by atoms with Gasteiger partial charge in [0.05, 0.1) is 12.6 Å². The summed E-state index contributed by atoms with van der Waals surface area (Å²) in [7, 11) is 0.